The van der Waals surface area contributed by atoms with Crippen LogP contribution < -0.4 is 0 Å². The summed E-state index contributed by atoms with van der Waals surface area (Å²) in [4.78, 5) is 12.0. The quantitative estimate of drug-likeness (QED) is 0.689. The van der Waals surface area contributed by atoms with Gasteiger partial charge in [0.05, 0.1) is 0 Å². The van der Waals surface area contributed by atoms with Crippen molar-refractivity contribution in [1.82, 2.24) is 0 Å². The Hall–Kier alpha value is 0.771. The van der Waals surface area contributed by atoms with Crippen LogP contribution in [0.15, 0.2) is 0 Å². The van der Waals surface area contributed by atoms with E-state index >= 15 is 0 Å². The van der Waals surface area contributed by atoms with E-state index in [0.717, 1.165) is 23.7 Å². The molecule has 0 spiro atoms. The molecule has 3 aliphatic rings. The van der Waals surface area contributed by atoms with Gasteiger partial charge in [-0.1, -0.05) is 96.3 Å². The summed E-state index contributed by atoms with van der Waals surface area (Å²) in [6.07, 6.45) is 20.9. The second-order valence-corrected chi connectivity index (χ2v) is 12.1. The average Bonchev–Trinajstić information content (AvgIpc) is 2.65. The van der Waals surface area contributed by atoms with Crippen LogP contribution in [0.25, 0.3) is 0 Å². The van der Waals surface area contributed by atoms with Crippen molar-refractivity contribution in [2.75, 3.05) is 7.11 Å². The van der Waals surface area contributed by atoms with Crippen LogP contribution in [0.2, 0.25) is 16.6 Å². The minimum Gasteiger partial charge on any atom is -0.431 e. The molecule has 3 saturated carbocycles. The zero-order valence-electron chi connectivity index (χ0n) is 16.2. The van der Waals surface area contributed by atoms with Gasteiger partial charge in [-0.3, -0.25) is 0 Å². The second kappa shape index (κ2) is 14.8. The van der Waals surface area contributed by atoms with E-state index in [1.54, 1.807) is 0 Å². The van der Waals surface area contributed by atoms with E-state index in [9.17, 15) is 4.80 Å². The van der Waals surface area contributed by atoms with Crippen LogP contribution in [0.4, 0.5) is 0 Å². The third-order valence-electron chi connectivity index (χ3n) is 6.78. The standard InChI is InChI=1S/C18H34OSi.CH4O.2H2O.Ti/c19-20(16-10-4-1-5-11-16,17-12-6-2-7-13-17)18-14-8-3-9-15-18;1-2;;;/h16-19H,1-15H2;2H,1H3;2*1H2;. The molecule has 0 bridgehead atoms. The Balaban J connectivity index is 0. The van der Waals surface area contributed by atoms with Gasteiger partial charge in [-0.25, -0.2) is 0 Å². The largest absolute Gasteiger partial charge is 0.431 e. The van der Waals surface area contributed by atoms with Crippen LogP contribution in [0, 0.1) is 0 Å². The molecule has 0 radical (unpaired) electrons. The van der Waals surface area contributed by atoms with E-state index in [1.165, 1.54) is 96.3 Å². The molecule has 25 heavy (non-hydrogen) atoms. The minimum absolute atomic E-state index is 0. The first-order valence-corrected chi connectivity index (χ1v) is 12.2. The molecule has 0 aromatic carbocycles. The van der Waals surface area contributed by atoms with Crippen molar-refractivity contribution in [3.05, 3.63) is 0 Å². The average molecular weight is 410 g/mol. The van der Waals surface area contributed by atoms with Gasteiger partial charge >= 0.3 is 0 Å². The number of aliphatic hydroxyl groups excluding tert-OH is 1. The van der Waals surface area contributed by atoms with Gasteiger partial charge in [-0.2, -0.15) is 0 Å². The van der Waals surface area contributed by atoms with Crippen LogP contribution in [-0.4, -0.2) is 36.3 Å². The predicted molar refractivity (Wildman–Crippen MR) is 104 cm³/mol. The molecule has 0 amide bonds. The molecule has 3 rings (SSSR count). The zero-order valence-corrected chi connectivity index (χ0v) is 18.8. The van der Waals surface area contributed by atoms with Crippen LogP contribution in [0.5, 0.6) is 0 Å². The summed E-state index contributed by atoms with van der Waals surface area (Å²) in [5.74, 6) is 0. The number of aliphatic hydroxyl groups is 1. The maximum atomic E-state index is 12.0. The van der Waals surface area contributed by atoms with Gasteiger partial charge in [0, 0.05) is 28.8 Å². The molecule has 0 heterocycles. The summed E-state index contributed by atoms with van der Waals surface area (Å²) in [6.45, 7) is 0. The van der Waals surface area contributed by atoms with E-state index < -0.39 is 8.32 Å². The maximum Gasteiger partial charge on any atom is 0.197 e. The van der Waals surface area contributed by atoms with Crippen molar-refractivity contribution < 1.29 is 42.6 Å². The Morgan fingerprint density at radius 1 is 0.520 bits per heavy atom. The molecular formula is C19H42O4SiTi. The van der Waals surface area contributed by atoms with Crippen molar-refractivity contribution in [3.8, 4) is 0 Å². The molecule has 0 atom stereocenters. The van der Waals surface area contributed by atoms with Gasteiger partial charge in [0.15, 0.2) is 8.32 Å². The molecular weight excluding hydrogens is 368 g/mol. The summed E-state index contributed by atoms with van der Waals surface area (Å²) >= 11 is 0. The fraction of sp³-hybridized carbons (Fsp3) is 1.00. The van der Waals surface area contributed by atoms with E-state index in [4.69, 9.17) is 5.11 Å². The molecule has 0 unspecified atom stereocenters. The first-order valence-electron chi connectivity index (χ1n) is 9.99. The molecule has 0 aromatic rings. The molecule has 6 heteroatoms. The summed E-state index contributed by atoms with van der Waals surface area (Å²) in [7, 11) is -1.05. The van der Waals surface area contributed by atoms with Gasteiger partial charge in [0.1, 0.15) is 0 Å². The summed E-state index contributed by atoms with van der Waals surface area (Å²) in [5, 5.41) is 7.00. The van der Waals surface area contributed by atoms with Gasteiger partial charge in [0.25, 0.3) is 0 Å². The number of hydrogen-bond donors (Lipinski definition) is 2. The van der Waals surface area contributed by atoms with Crippen molar-refractivity contribution in [1.29, 1.82) is 0 Å². The van der Waals surface area contributed by atoms with E-state index in [-0.39, 0.29) is 32.7 Å². The SMILES string of the molecule is CO.O.O.O[Si](C1CCCCC1)(C1CCCCC1)C1CCCCC1.[Ti]. The van der Waals surface area contributed by atoms with Crippen LogP contribution in [0.3, 0.4) is 0 Å². The molecule has 0 saturated heterocycles. The first kappa shape index (κ1) is 28.0. The van der Waals surface area contributed by atoms with Gasteiger partial charge in [-0.15, -0.1) is 0 Å². The Kier molecular flexibility index (Phi) is 16.5. The van der Waals surface area contributed by atoms with Crippen LogP contribution >= 0.6 is 0 Å². The monoisotopic (exact) mass is 410 g/mol. The van der Waals surface area contributed by atoms with Crippen molar-refractivity contribution >= 4 is 8.32 Å². The maximum absolute atomic E-state index is 12.0. The summed E-state index contributed by atoms with van der Waals surface area (Å²) in [6, 6.07) is 0. The number of rotatable bonds is 3. The molecule has 3 aliphatic carbocycles. The fourth-order valence-electron chi connectivity index (χ4n) is 5.70. The topological polar surface area (TPSA) is 103 Å². The fourth-order valence-corrected chi connectivity index (χ4v) is 11.7. The molecule has 3 fully saturated rings. The van der Waals surface area contributed by atoms with E-state index in [2.05, 4.69) is 0 Å². The normalized spacial score (nSPS) is 23.2. The van der Waals surface area contributed by atoms with Crippen LogP contribution in [-0.2, 0) is 21.7 Å². The molecule has 4 nitrogen and oxygen atoms in total. The van der Waals surface area contributed by atoms with Gasteiger partial charge in [-0.05, 0) is 16.6 Å². The summed E-state index contributed by atoms with van der Waals surface area (Å²) < 4.78 is 0. The van der Waals surface area contributed by atoms with E-state index in [0.29, 0.717) is 0 Å². The Morgan fingerprint density at radius 3 is 0.920 bits per heavy atom. The van der Waals surface area contributed by atoms with Crippen molar-refractivity contribution in [3.63, 3.8) is 0 Å². The molecule has 6 N–H and O–H groups in total. The molecule has 150 valence electrons. The third-order valence-corrected chi connectivity index (χ3v) is 12.4. The third kappa shape index (κ3) is 7.02. The second-order valence-electron chi connectivity index (χ2n) is 7.89. The number of hydrogen-bond acceptors (Lipinski definition) is 2. The van der Waals surface area contributed by atoms with Crippen molar-refractivity contribution in [2.24, 2.45) is 0 Å². The smallest absolute Gasteiger partial charge is 0.197 e. The molecule has 0 aliphatic heterocycles. The zero-order chi connectivity index (χ0) is 15.8. The molecule has 0 aromatic heterocycles. The van der Waals surface area contributed by atoms with E-state index in [1.807, 2.05) is 0 Å². The van der Waals surface area contributed by atoms with Gasteiger partial charge < -0.3 is 20.9 Å². The predicted octanol–water partition coefficient (Wildman–Crippen LogP) is 3.88. The minimum atomic E-state index is -2.05. The Morgan fingerprint density at radius 2 is 0.720 bits per heavy atom. The van der Waals surface area contributed by atoms with Crippen molar-refractivity contribution in [2.45, 2.75) is 113 Å². The van der Waals surface area contributed by atoms with Crippen LogP contribution in [0.1, 0.15) is 96.3 Å². The Labute approximate surface area is 170 Å². The Bertz CT molecular complexity index is 256. The summed E-state index contributed by atoms with van der Waals surface area (Å²) in [5.41, 5.74) is 2.30. The first-order chi connectivity index (χ1) is 10.8. The van der Waals surface area contributed by atoms with Gasteiger partial charge in [0.2, 0.25) is 0 Å².